The van der Waals surface area contributed by atoms with E-state index in [1.807, 2.05) is 39.4 Å². The van der Waals surface area contributed by atoms with Crippen LogP contribution in [-0.4, -0.2) is 109 Å². The first-order valence-corrected chi connectivity index (χ1v) is 24.3. The molecule has 1 heterocycles. The lowest BCUT2D eigenvalue weighted by molar-refractivity contribution is -0.870. The Morgan fingerprint density at radius 1 is 0.797 bits per heavy atom. The molecule has 0 spiro atoms. The molecule has 0 amide bonds. The zero-order chi connectivity index (χ0) is 43.6. The van der Waals surface area contributed by atoms with Gasteiger partial charge in [0.1, 0.15) is 19.8 Å². The molecular formula is C46H85NO11P+. The van der Waals surface area contributed by atoms with Gasteiger partial charge in [0.2, 0.25) is 0 Å². The van der Waals surface area contributed by atoms with Crippen molar-refractivity contribution in [3.63, 3.8) is 0 Å². The number of hydrogen-bond donors (Lipinski definition) is 4. The number of quaternary nitrogens is 1. The topological polar surface area (TPSA) is 161 Å². The lowest BCUT2D eigenvalue weighted by atomic mass is 9.87. The van der Waals surface area contributed by atoms with Crippen LogP contribution in [0.2, 0.25) is 0 Å². The van der Waals surface area contributed by atoms with Crippen LogP contribution in [0, 0.1) is 5.92 Å². The number of aliphatic hydroxyl groups excluding tert-OH is 3. The number of nitrogens with zero attached hydrogens (tertiary/aromatic N) is 1. The number of carbonyl (C=O) groups is 1. The van der Waals surface area contributed by atoms with Gasteiger partial charge in [0, 0.05) is 18.8 Å². The minimum absolute atomic E-state index is 0.0424. The third-order valence-corrected chi connectivity index (χ3v) is 11.2. The van der Waals surface area contributed by atoms with Crippen LogP contribution in [0.5, 0.6) is 0 Å². The van der Waals surface area contributed by atoms with Crippen molar-refractivity contribution < 1.29 is 57.3 Å². The highest BCUT2D eigenvalue weighted by atomic mass is 31.2. The highest BCUT2D eigenvalue weighted by molar-refractivity contribution is 7.47. The number of rotatable bonds is 37. The Balaban J connectivity index is 2.50. The van der Waals surface area contributed by atoms with Gasteiger partial charge in [-0.25, -0.2) is 4.57 Å². The fourth-order valence-corrected chi connectivity index (χ4v) is 7.25. The number of esters is 1. The number of hydrogen-bond acceptors (Lipinski definition) is 10. The number of unbranched alkanes of at least 4 members (excludes halogenated alkanes) is 14. The molecule has 0 aromatic rings. The maximum Gasteiger partial charge on any atom is 0.472 e. The molecule has 4 N–H and O–H groups in total. The van der Waals surface area contributed by atoms with Gasteiger partial charge in [-0.15, -0.1) is 0 Å². The second kappa shape index (κ2) is 34.7. The van der Waals surface area contributed by atoms with Crippen LogP contribution in [-0.2, 0) is 32.6 Å². The molecule has 2 unspecified atom stereocenters. The SMILES string of the molecule is CCCCCCCC/C=C\CCCCCC/C=C/O[C@H](COC(=O)CCC/C=C\C[C@H]1[C@@H](O)CC(O)O[C@@H]1/C=C/[C@@H](O)CCCCC)COP(=O)(O)OCC[N+](C)(C)C. The zero-order valence-electron chi connectivity index (χ0n) is 37.5. The molecule has 0 aromatic heterocycles. The van der Waals surface area contributed by atoms with E-state index >= 15 is 0 Å². The Labute approximate surface area is 358 Å². The summed E-state index contributed by atoms with van der Waals surface area (Å²) in [6.45, 7) is 4.46. The third kappa shape index (κ3) is 32.5. The first kappa shape index (κ1) is 55.2. The van der Waals surface area contributed by atoms with Crippen LogP contribution >= 0.6 is 7.82 Å². The largest absolute Gasteiger partial charge is 0.492 e. The summed E-state index contributed by atoms with van der Waals surface area (Å²) in [5, 5.41) is 31.0. The molecular weight excluding hydrogens is 773 g/mol. The average molecular weight is 859 g/mol. The second-order valence-corrected chi connectivity index (χ2v) is 18.5. The van der Waals surface area contributed by atoms with E-state index in [-0.39, 0.29) is 38.6 Å². The number of allylic oxidation sites excluding steroid dienone is 5. The Morgan fingerprint density at radius 2 is 1.39 bits per heavy atom. The van der Waals surface area contributed by atoms with Crippen molar-refractivity contribution in [2.45, 2.75) is 186 Å². The Bertz CT molecular complexity index is 1200. The van der Waals surface area contributed by atoms with Crippen LogP contribution in [0.25, 0.3) is 0 Å². The number of phosphoric ester groups is 1. The summed E-state index contributed by atoms with van der Waals surface area (Å²) in [5.74, 6) is -0.700. The van der Waals surface area contributed by atoms with Crippen LogP contribution < -0.4 is 0 Å². The van der Waals surface area contributed by atoms with Crippen LogP contribution in [0.4, 0.5) is 0 Å². The lowest BCUT2D eigenvalue weighted by Crippen LogP contribution is -2.43. The summed E-state index contributed by atoms with van der Waals surface area (Å²) in [6.07, 6.45) is 32.9. The molecule has 1 aliphatic rings. The van der Waals surface area contributed by atoms with Crippen molar-refractivity contribution in [2.75, 3.05) is 47.5 Å². The summed E-state index contributed by atoms with van der Waals surface area (Å²) in [7, 11) is 1.51. The molecule has 59 heavy (non-hydrogen) atoms. The third-order valence-electron chi connectivity index (χ3n) is 10.2. The minimum atomic E-state index is -4.34. The van der Waals surface area contributed by atoms with Crippen LogP contribution in [0.1, 0.15) is 155 Å². The lowest BCUT2D eigenvalue weighted by Gasteiger charge is -2.36. The molecule has 0 bridgehead atoms. The molecule has 0 saturated carbocycles. The average Bonchev–Trinajstić information content (AvgIpc) is 3.17. The van der Waals surface area contributed by atoms with Crippen molar-refractivity contribution in [3.8, 4) is 0 Å². The van der Waals surface area contributed by atoms with Crippen molar-refractivity contribution >= 4 is 13.8 Å². The van der Waals surface area contributed by atoms with Gasteiger partial charge < -0.3 is 38.9 Å². The summed E-state index contributed by atoms with van der Waals surface area (Å²) >= 11 is 0. The molecule has 1 aliphatic heterocycles. The molecule has 7 atom stereocenters. The van der Waals surface area contributed by atoms with E-state index in [1.54, 1.807) is 18.4 Å². The number of carbonyl (C=O) groups excluding carboxylic acids is 1. The molecule has 0 radical (unpaired) electrons. The molecule has 1 saturated heterocycles. The first-order chi connectivity index (χ1) is 28.3. The Kier molecular flexibility index (Phi) is 32.4. The van der Waals surface area contributed by atoms with Gasteiger partial charge in [-0.3, -0.25) is 13.8 Å². The summed E-state index contributed by atoms with van der Waals surface area (Å²) in [5.41, 5.74) is 0. The predicted octanol–water partition coefficient (Wildman–Crippen LogP) is 9.61. The normalized spacial score (nSPS) is 21.2. The number of ether oxygens (including phenoxy) is 3. The number of likely N-dealkylation sites (N-methyl/N-ethyl adjacent to an activating group) is 1. The van der Waals surface area contributed by atoms with E-state index < -0.39 is 44.5 Å². The zero-order valence-corrected chi connectivity index (χ0v) is 38.4. The molecule has 13 heteroatoms. The van der Waals surface area contributed by atoms with E-state index in [2.05, 4.69) is 26.0 Å². The van der Waals surface area contributed by atoms with Crippen LogP contribution in [0.15, 0.2) is 48.8 Å². The molecule has 344 valence electrons. The maximum atomic E-state index is 12.6. The molecule has 1 fully saturated rings. The van der Waals surface area contributed by atoms with E-state index in [1.165, 1.54) is 57.8 Å². The molecule has 0 aliphatic carbocycles. The molecule has 12 nitrogen and oxygen atoms in total. The fourth-order valence-electron chi connectivity index (χ4n) is 6.51. The Hall–Kier alpha value is -1.86. The minimum Gasteiger partial charge on any atom is -0.492 e. The van der Waals surface area contributed by atoms with E-state index in [0.29, 0.717) is 36.7 Å². The summed E-state index contributed by atoms with van der Waals surface area (Å²) < 4.78 is 40.4. The maximum absolute atomic E-state index is 12.6. The van der Waals surface area contributed by atoms with Crippen molar-refractivity contribution in [1.29, 1.82) is 0 Å². The van der Waals surface area contributed by atoms with Crippen molar-refractivity contribution in [2.24, 2.45) is 5.92 Å². The van der Waals surface area contributed by atoms with Gasteiger partial charge in [0.15, 0.2) is 12.4 Å². The van der Waals surface area contributed by atoms with Gasteiger partial charge in [0.25, 0.3) is 0 Å². The van der Waals surface area contributed by atoms with Gasteiger partial charge in [-0.05, 0) is 70.3 Å². The predicted molar refractivity (Wildman–Crippen MR) is 236 cm³/mol. The second-order valence-electron chi connectivity index (χ2n) is 17.0. The summed E-state index contributed by atoms with van der Waals surface area (Å²) in [4.78, 5) is 22.8. The molecule has 0 aromatic carbocycles. The van der Waals surface area contributed by atoms with Gasteiger partial charge in [-0.1, -0.05) is 115 Å². The number of aliphatic hydroxyl groups is 3. The smallest absolute Gasteiger partial charge is 0.472 e. The highest BCUT2D eigenvalue weighted by Gasteiger charge is 2.35. The van der Waals surface area contributed by atoms with Crippen LogP contribution in [0.3, 0.4) is 0 Å². The quantitative estimate of drug-likeness (QED) is 0.0118. The molecule has 1 rings (SSSR count). The fraction of sp³-hybridized carbons (Fsp3) is 0.804. The van der Waals surface area contributed by atoms with Gasteiger partial charge in [-0.2, -0.15) is 0 Å². The highest BCUT2D eigenvalue weighted by Crippen LogP contribution is 2.43. The monoisotopic (exact) mass is 859 g/mol. The summed E-state index contributed by atoms with van der Waals surface area (Å²) in [6, 6.07) is 0. The van der Waals surface area contributed by atoms with Crippen molar-refractivity contribution in [1.82, 2.24) is 0 Å². The first-order valence-electron chi connectivity index (χ1n) is 22.8. The number of phosphoric acid groups is 1. The van der Waals surface area contributed by atoms with Crippen molar-refractivity contribution in [3.05, 3.63) is 48.8 Å². The standard InChI is InChI=1S/C46H84NO11P/c1-6-8-10-11-12-13-14-15-16-17-18-19-20-21-24-28-35-54-41(39-57-59(52,53)56-36-34-47(3,4)5)38-55-45(50)31-27-23-22-26-30-42-43(49)37-46(51)58-44(42)33-32-40(48)29-25-9-7-2/h15-16,22,26,28,32-33,35,40-44,46,48-49,51H,6-14,17-21,23-25,27,29-31,34,36-39H2,1-5H3/p+1/b16-15-,26-22-,33-32+,35-28+/t40-,41+,42-,43-,44+,46?/m0/s1. The van der Waals surface area contributed by atoms with Gasteiger partial charge in [0.05, 0.1) is 52.3 Å². The van der Waals surface area contributed by atoms with E-state index in [9.17, 15) is 29.6 Å². The Morgan fingerprint density at radius 3 is 2.05 bits per heavy atom. The van der Waals surface area contributed by atoms with E-state index in [4.69, 9.17) is 23.3 Å². The van der Waals surface area contributed by atoms with Gasteiger partial charge >= 0.3 is 13.8 Å². The van der Waals surface area contributed by atoms with E-state index in [0.717, 1.165) is 44.9 Å².